The third-order valence-corrected chi connectivity index (χ3v) is 4.36. The van der Waals surface area contributed by atoms with Gasteiger partial charge in [-0.15, -0.1) is 12.4 Å². The van der Waals surface area contributed by atoms with Gasteiger partial charge in [-0.2, -0.15) is 0 Å². The minimum absolute atomic E-state index is 0. The molecule has 0 heterocycles. The van der Waals surface area contributed by atoms with Gasteiger partial charge in [0.15, 0.2) is 0 Å². The van der Waals surface area contributed by atoms with Crippen LogP contribution >= 0.6 is 12.4 Å². The van der Waals surface area contributed by atoms with Crippen LogP contribution in [0.4, 0.5) is 0 Å². The van der Waals surface area contributed by atoms with Crippen LogP contribution in [0.3, 0.4) is 0 Å². The highest BCUT2D eigenvalue weighted by atomic mass is 35.5. The van der Waals surface area contributed by atoms with Crippen LogP contribution < -0.4 is 10.1 Å². The van der Waals surface area contributed by atoms with Gasteiger partial charge in [0.25, 0.3) is 0 Å². The Morgan fingerprint density at radius 1 is 0.952 bits per heavy atom. The molecule has 0 amide bonds. The fourth-order valence-corrected chi connectivity index (χ4v) is 3.27. The van der Waals surface area contributed by atoms with E-state index in [1.165, 1.54) is 29.5 Å². The average Bonchev–Trinajstić information content (AvgIpc) is 2.54. The highest BCUT2D eigenvalue weighted by Crippen LogP contribution is 2.41. The van der Waals surface area contributed by atoms with E-state index in [1.54, 1.807) is 7.11 Å². The van der Waals surface area contributed by atoms with Crippen molar-refractivity contribution in [2.75, 3.05) is 14.2 Å². The first kappa shape index (κ1) is 15.9. The average molecular weight is 304 g/mol. The van der Waals surface area contributed by atoms with E-state index in [0.29, 0.717) is 12.0 Å². The molecule has 21 heavy (non-hydrogen) atoms. The fourth-order valence-electron chi connectivity index (χ4n) is 3.27. The predicted molar refractivity (Wildman–Crippen MR) is 89.6 cm³/mol. The van der Waals surface area contributed by atoms with Crippen molar-refractivity contribution in [3.8, 4) is 5.75 Å². The van der Waals surface area contributed by atoms with Gasteiger partial charge in [0, 0.05) is 12.0 Å². The molecule has 3 heteroatoms. The topological polar surface area (TPSA) is 21.3 Å². The molecule has 1 N–H and O–H groups in total. The molecule has 0 saturated heterocycles. The smallest absolute Gasteiger partial charge is 0.118 e. The van der Waals surface area contributed by atoms with Gasteiger partial charge in [0.2, 0.25) is 0 Å². The lowest BCUT2D eigenvalue weighted by Crippen LogP contribution is -2.24. The van der Waals surface area contributed by atoms with Crippen LogP contribution in [0.1, 0.15) is 41.5 Å². The zero-order valence-corrected chi connectivity index (χ0v) is 13.3. The van der Waals surface area contributed by atoms with E-state index in [4.69, 9.17) is 4.74 Å². The Kier molecular flexibility index (Phi) is 5.27. The molecule has 2 aromatic carbocycles. The van der Waals surface area contributed by atoms with Gasteiger partial charge < -0.3 is 10.1 Å². The van der Waals surface area contributed by atoms with Crippen LogP contribution in [-0.2, 0) is 0 Å². The SMILES string of the molecule is CN[C@@H]1CC[C@H](c2ccc(OC)cc2)c2ccccc21.Cl. The zero-order chi connectivity index (χ0) is 13.9. The van der Waals surface area contributed by atoms with Crippen molar-refractivity contribution in [1.82, 2.24) is 5.32 Å². The van der Waals surface area contributed by atoms with Crippen molar-refractivity contribution < 1.29 is 4.74 Å². The van der Waals surface area contributed by atoms with Gasteiger partial charge in [0.05, 0.1) is 7.11 Å². The molecular weight excluding hydrogens is 282 g/mol. The van der Waals surface area contributed by atoms with Crippen molar-refractivity contribution in [1.29, 1.82) is 0 Å². The number of benzene rings is 2. The van der Waals surface area contributed by atoms with Gasteiger partial charge in [-0.25, -0.2) is 0 Å². The first-order valence-electron chi connectivity index (χ1n) is 7.23. The Morgan fingerprint density at radius 3 is 2.24 bits per heavy atom. The number of rotatable bonds is 3. The Morgan fingerprint density at radius 2 is 1.62 bits per heavy atom. The number of hydrogen-bond donors (Lipinski definition) is 1. The molecule has 0 aromatic heterocycles. The van der Waals surface area contributed by atoms with E-state index in [9.17, 15) is 0 Å². The van der Waals surface area contributed by atoms with E-state index >= 15 is 0 Å². The quantitative estimate of drug-likeness (QED) is 0.912. The molecule has 0 unspecified atom stereocenters. The monoisotopic (exact) mass is 303 g/mol. The summed E-state index contributed by atoms with van der Waals surface area (Å²) in [7, 11) is 3.76. The summed E-state index contributed by atoms with van der Waals surface area (Å²) in [5.74, 6) is 1.42. The highest BCUT2D eigenvalue weighted by molar-refractivity contribution is 5.85. The van der Waals surface area contributed by atoms with Crippen LogP contribution in [0.2, 0.25) is 0 Å². The molecular formula is C18H22ClNO. The number of fused-ring (bicyclic) bond motifs is 1. The maximum Gasteiger partial charge on any atom is 0.118 e. The standard InChI is InChI=1S/C18H21NO.ClH/c1-19-18-12-11-15(16-5-3-4-6-17(16)18)13-7-9-14(20-2)10-8-13;/h3-10,15,18-19H,11-12H2,1-2H3;1H/t15-,18-;/m1./s1. The van der Waals surface area contributed by atoms with Crippen LogP contribution in [0.25, 0.3) is 0 Å². The van der Waals surface area contributed by atoms with Crippen molar-refractivity contribution in [3.63, 3.8) is 0 Å². The molecule has 2 atom stereocenters. The van der Waals surface area contributed by atoms with Gasteiger partial charge in [-0.1, -0.05) is 36.4 Å². The molecule has 1 aliphatic carbocycles. The summed E-state index contributed by atoms with van der Waals surface area (Å²) >= 11 is 0. The van der Waals surface area contributed by atoms with Crippen molar-refractivity contribution in [3.05, 3.63) is 65.2 Å². The molecule has 0 spiro atoms. The Hall–Kier alpha value is -1.51. The minimum Gasteiger partial charge on any atom is -0.497 e. The largest absolute Gasteiger partial charge is 0.497 e. The summed E-state index contributed by atoms with van der Waals surface area (Å²) in [5, 5.41) is 3.43. The van der Waals surface area contributed by atoms with Crippen molar-refractivity contribution in [2.45, 2.75) is 24.8 Å². The van der Waals surface area contributed by atoms with E-state index in [1.807, 2.05) is 0 Å². The van der Waals surface area contributed by atoms with Crippen molar-refractivity contribution in [2.24, 2.45) is 0 Å². The van der Waals surface area contributed by atoms with Crippen molar-refractivity contribution >= 4 is 12.4 Å². The summed E-state index contributed by atoms with van der Waals surface area (Å²) in [6.07, 6.45) is 2.37. The van der Waals surface area contributed by atoms with E-state index in [0.717, 1.165) is 5.75 Å². The second-order valence-electron chi connectivity index (χ2n) is 5.37. The molecule has 0 radical (unpaired) electrons. The molecule has 2 nitrogen and oxygen atoms in total. The molecule has 2 aromatic rings. The maximum atomic E-state index is 5.25. The van der Waals surface area contributed by atoms with Crippen LogP contribution in [0.15, 0.2) is 48.5 Å². The molecule has 0 saturated carbocycles. The summed E-state index contributed by atoms with van der Waals surface area (Å²) < 4.78 is 5.25. The second kappa shape index (κ2) is 6.97. The first-order chi connectivity index (χ1) is 9.83. The molecule has 0 fully saturated rings. The molecule has 0 aliphatic heterocycles. The summed E-state index contributed by atoms with van der Waals surface area (Å²) in [4.78, 5) is 0. The number of halogens is 1. The Bertz CT molecular complexity index is 582. The van der Waals surface area contributed by atoms with E-state index < -0.39 is 0 Å². The molecule has 112 valence electrons. The Balaban J connectivity index is 0.00000161. The van der Waals surface area contributed by atoms with Crippen LogP contribution in [0.5, 0.6) is 5.75 Å². The van der Waals surface area contributed by atoms with Gasteiger partial charge in [-0.3, -0.25) is 0 Å². The normalized spacial score (nSPS) is 20.3. The number of hydrogen-bond acceptors (Lipinski definition) is 2. The van der Waals surface area contributed by atoms with Gasteiger partial charge in [-0.05, 0) is 48.7 Å². The summed E-state index contributed by atoms with van der Waals surface area (Å²) in [6, 6.07) is 17.8. The summed E-state index contributed by atoms with van der Waals surface area (Å²) in [5.41, 5.74) is 4.29. The lowest BCUT2D eigenvalue weighted by molar-refractivity contribution is 0.414. The minimum atomic E-state index is 0. The fraction of sp³-hybridized carbons (Fsp3) is 0.333. The number of ether oxygens (including phenoxy) is 1. The predicted octanol–water partition coefficient (Wildman–Crippen LogP) is 4.30. The Labute approximate surface area is 132 Å². The lowest BCUT2D eigenvalue weighted by Gasteiger charge is -2.31. The number of nitrogens with one attached hydrogen (secondary N) is 1. The van der Waals surface area contributed by atoms with Crippen LogP contribution in [-0.4, -0.2) is 14.2 Å². The van der Waals surface area contributed by atoms with Gasteiger partial charge >= 0.3 is 0 Å². The summed E-state index contributed by atoms with van der Waals surface area (Å²) in [6.45, 7) is 0. The lowest BCUT2D eigenvalue weighted by atomic mass is 9.77. The molecule has 0 bridgehead atoms. The third-order valence-electron chi connectivity index (χ3n) is 4.36. The molecule has 1 aliphatic rings. The highest BCUT2D eigenvalue weighted by Gasteiger charge is 2.26. The zero-order valence-electron chi connectivity index (χ0n) is 12.5. The van der Waals surface area contributed by atoms with Crippen LogP contribution in [0, 0.1) is 0 Å². The van der Waals surface area contributed by atoms with E-state index in [-0.39, 0.29) is 12.4 Å². The second-order valence-corrected chi connectivity index (χ2v) is 5.37. The molecule has 3 rings (SSSR count). The van der Waals surface area contributed by atoms with Gasteiger partial charge in [0.1, 0.15) is 5.75 Å². The maximum absolute atomic E-state index is 5.25. The third kappa shape index (κ3) is 3.07. The van der Waals surface area contributed by atoms with E-state index in [2.05, 4.69) is 60.9 Å². The number of methoxy groups -OCH3 is 1. The first-order valence-corrected chi connectivity index (χ1v) is 7.23.